The van der Waals surface area contributed by atoms with Crippen molar-refractivity contribution in [3.63, 3.8) is 0 Å². The van der Waals surface area contributed by atoms with Gasteiger partial charge in [0.15, 0.2) is 0 Å². The molecule has 2 aromatic rings. The van der Waals surface area contributed by atoms with Gasteiger partial charge in [0.25, 0.3) is 0 Å². The fraction of sp³-hybridized carbons (Fsp3) is 0.333. The van der Waals surface area contributed by atoms with E-state index in [1.165, 1.54) is 12.1 Å². The first-order valence-electron chi connectivity index (χ1n) is 8.28. The first-order valence-corrected chi connectivity index (χ1v) is 8.28. The van der Waals surface area contributed by atoms with Crippen LogP contribution in [0.3, 0.4) is 0 Å². The van der Waals surface area contributed by atoms with Crippen molar-refractivity contribution in [2.24, 2.45) is 0 Å². The molecule has 0 bridgehead atoms. The molecule has 1 aliphatic rings. The van der Waals surface area contributed by atoms with E-state index in [9.17, 15) is 18.0 Å². The van der Waals surface area contributed by atoms with Crippen LogP contribution in [0.25, 0.3) is 0 Å². The van der Waals surface area contributed by atoms with E-state index in [1.807, 2.05) is 6.07 Å². The third-order valence-electron chi connectivity index (χ3n) is 4.28. The zero-order chi connectivity index (χ0) is 18.6. The van der Waals surface area contributed by atoms with Crippen LogP contribution < -0.4 is 10.2 Å². The van der Waals surface area contributed by atoms with E-state index in [0.717, 1.165) is 11.6 Å². The van der Waals surface area contributed by atoms with E-state index in [2.05, 4.69) is 10.3 Å². The van der Waals surface area contributed by atoms with Gasteiger partial charge in [-0.1, -0.05) is 18.2 Å². The predicted molar refractivity (Wildman–Crippen MR) is 91.7 cm³/mol. The SMILES string of the molecule is O=C(NCc1cccnc1)N1CCN(c2ccccc2C(F)(F)F)CC1. The number of benzene rings is 1. The maximum atomic E-state index is 13.2. The number of urea groups is 1. The number of amides is 2. The van der Waals surface area contributed by atoms with Crippen molar-refractivity contribution >= 4 is 11.7 Å². The lowest BCUT2D eigenvalue weighted by molar-refractivity contribution is -0.137. The van der Waals surface area contributed by atoms with Crippen LogP contribution >= 0.6 is 0 Å². The summed E-state index contributed by atoms with van der Waals surface area (Å²) in [6, 6.07) is 8.96. The first kappa shape index (κ1) is 18.0. The Balaban J connectivity index is 1.57. The zero-order valence-electron chi connectivity index (χ0n) is 14.0. The minimum atomic E-state index is -4.39. The van der Waals surface area contributed by atoms with Crippen LogP contribution in [-0.4, -0.2) is 42.1 Å². The number of hydrogen-bond acceptors (Lipinski definition) is 3. The molecule has 1 saturated heterocycles. The number of para-hydroxylation sites is 1. The number of halogens is 3. The summed E-state index contributed by atoms with van der Waals surface area (Å²) >= 11 is 0. The Hall–Kier alpha value is -2.77. The number of nitrogens with zero attached hydrogens (tertiary/aromatic N) is 3. The number of nitrogens with one attached hydrogen (secondary N) is 1. The van der Waals surface area contributed by atoms with E-state index in [4.69, 9.17) is 0 Å². The molecular weight excluding hydrogens is 345 g/mol. The van der Waals surface area contributed by atoms with Crippen LogP contribution in [0.4, 0.5) is 23.7 Å². The van der Waals surface area contributed by atoms with Crippen molar-refractivity contribution in [2.45, 2.75) is 12.7 Å². The molecule has 26 heavy (non-hydrogen) atoms. The molecule has 1 aromatic carbocycles. The number of aromatic nitrogens is 1. The van der Waals surface area contributed by atoms with E-state index in [0.29, 0.717) is 32.7 Å². The van der Waals surface area contributed by atoms with Gasteiger partial charge in [-0.05, 0) is 23.8 Å². The molecule has 0 radical (unpaired) electrons. The standard InChI is InChI=1S/C18H19F3N4O/c19-18(20,21)15-5-1-2-6-16(15)24-8-10-25(11-9-24)17(26)23-13-14-4-3-7-22-12-14/h1-7,12H,8-11,13H2,(H,23,26). The van der Waals surface area contributed by atoms with Crippen LogP contribution in [0, 0.1) is 0 Å². The molecule has 1 fully saturated rings. The predicted octanol–water partition coefficient (Wildman–Crippen LogP) is 3.13. The van der Waals surface area contributed by atoms with Crippen molar-refractivity contribution in [3.05, 3.63) is 59.9 Å². The van der Waals surface area contributed by atoms with Crippen molar-refractivity contribution in [1.82, 2.24) is 15.2 Å². The number of carbonyl (C=O) groups excluding carboxylic acids is 1. The number of alkyl halides is 3. The highest BCUT2D eigenvalue weighted by Crippen LogP contribution is 2.36. The molecule has 8 heteroatoms. The Morgan fingerprint density at radius 2 is 1.81 bits per heavy atom. The molecule has 0 unspecified atom stereocenters. The van der Waals surface area contributed by atoms with Crippen LogP contribution in [0.2, 0.25) is 0 Å². The van der Waals surface area contributed by atoms with Crippen molar-refractivity contribution in [1.29, 1.82) is 0 Å². The number of piperazine rings is 1. The fourth-order valence-corrected chi connectivity index (χ4v) is 2.93. The number of rotatable bonds is 3. The summed E-state index contributed by atoms with van der Waals surface area (Å²) < 4.78 is 39.5. The van der Waals surface area contributed by atoms with Gasteiger partial charge in [-0.25, -0.2) is 4.79 Å². The summed E-state index contributed by atoms with van der Waals surface area (Å²) in [6.07, 6.45) is -1.07. The smallest absolute Gasteiger partial charge is 0.367 e. The highest BCUT2D eigenvalue weighted by Gasteiger charge is 2.35. The van der Waals surface area contributed by atoms with Crippen LogP contribution in [0.15, 0.2) is 48.8 Å². The fourth-order valence-electron chi connectivity index (χ4n) is 2.93. The quantitative estimate of drug-likeness (QED) is 0.910. The first-order chi connectivity index (χ1) is 12.4. The maximum absolute atomic E-state index is 13.2. The lowest BCUT2D eigenvalue weighted by atomic mass is 10.1. The average molecular weight is 364 g/mol. The van der Waals surface area contributed by atoms with E-state index < -0.39 is 11.7 Å². The van der Waals surface area contributed by atoms with Crippen LogP contribution in [-0.2, 0) is 12.7 Å². The molecular formula is C18H19F3N4O. The normalized spacial score (nSPS) is 15.0. The van der Waals surface area contributed by atoms with E-state index in [-0.39, 0.29) is 11.7 Å². The summed E-state index contributed by atoms with van der Waals surface area (Å²) in [5.74, 6) is 0. The van der Waals surface area contributed by atoms with Gasteiger partial charge in [-0.2, -0.15) is 13.2 Å². The second-order valence-electron chi connectivity index (χ2n) is 6.01. The number of pyridine rings is 1. The summed E-state index contributed by atoms with van der Waals surface area (Å²) in [5, 5.41) is 2.81. The van der Waals surface area contributed by atoms with Gasteiger partial charge in [0.1, 0.15) is 0 Å². The van der Waals surface area contributed by atoms with Crippen molar-refractivity contribution in [2.75, 3.05) is 31.1 Å². The molecule has 1 aliphatic heterocycles. The summed E-state index contributed by atoms with van der Waals surface area (Å²) in [5.41, 5.74) is 0.406. The topological polar surface area (TPSA) is 48.5 Å². The second-order valence-corrected chi connectivity index (χ2v) is 6.01. The molecule has 2 amide bonds. The zero-order valence-corrected chi connectivity index (χ0v) is 14.0. The third-order valence-corrected chi connectivity index (χ3v) is 4.28. The Bertz CT molecular complexity index is 744. The largest absolute Gasteiger partial charge is 0.418 e. The lowest BCUT2D eigenvalue weighted by Gasteiger charge is -2.37. The van der Waals surface area contributed by atoms with Gasteiger partial charge >= 0.3 is 12.2 Å². The molecule has 0 spiro atoms. The Morgan fingerprint density at radius 1 is 1.08 bits per heavy atom. The van der Waals surface area contributed by atoms with Crippen LogP contribution in [0.1, 0.15) is 11.1 Å². The van der Waals surface area contributed by atoms with E-state index >= 15 is 0 Å². The monoisotopic (exact) mass is 364 g/mol. The summed E-state index contributed by atoms with van der Waals surface area (Å²) in [4.78, 5) is 19.5. The Labute approximate surface area is 149 Å². The van der Waals surface area contributed by atoms with Gasteiger partial charge in [-0.15, -0.1) is 0 Å². The maximum Gasteiger partial charge on any atom is 0.418 e. The number of hydrogen-bond donors (Lipinski definition) is 1. The number of carbonyl (C=O) groups is 1. The van der Waals surface area contributed by atoms with Gasteiger partial charge in [0.2, 0.25) is 0 Å². The molecule has 1 aromatic heterocycles. The highest BCUT2D eigenvalue weighted by molar-refractivity contribution is 5.74. The highest BCUT2D eigenvalue weighted by atomic mass is 19.4. The number of anilines is 1. The van der Waals surface area contributed by atoms with Crippen molar-refractivity contribution in [3.8, 4) is 0 Å². The minimum Gasteiger partial charge on any atom is -0.367 e. The molecule has 138 valence electrons. The molecule has 0 saturated carbocycles. The summed E-state index contributed by atoms with van der Waals surface area (Å²) in [6.45, 7) is 1.81. The second kappa shape index (κ2) is 7.63. The van der Waals surface area contributed by atoms with E-state index in [1.54, 1.807) is 34.3 Å². The van der Waals surface area contributed by atoms with Gasteiger partial charge in [0, 0.05) is 50.8 Å². The Kier molecular flexibility index (Phi) is 5.29. The van der Waals surface area contributed by atoms with Gasteiger partial charge in [-0.3, -0.25) is 4.98 Å². The molecule has 2 heterocycles. The van der Waals surface area contributed by atoms with Crippen LogP contribution in [0.5, 0.6) is 0 Å². The minimum absolute atomic E-state index is 0.162. The lowest BCUT2D eigenvalue weighted by Crippen LogP contribution is -2.52. The molecule has 3 rings (SSSR count). The third kappa shape index (κ3) is 4.25. The Morgan fingerprint density at radius 3 is 2.46 bits per heavy atom. The molecule has 0 atom stereocenters. The van der Waals surface area contributed by atoms with Crippen molar-refractivity contribution < 1.29 is 18.0 Å². The van der Waals surface area contributed by atoms with Gasteiger partial charge in [0.05, 0.1) is 5.56 Å². The summed E-state index contributed by atoms with van der Waals surface area (Å²) in [7, 11) is 0. The molecule has 1 N–H and O–H groups in total. The molecule has 0 aliphatic carbocycles. The average Bonchev–Trinajstić information content (AvgIpc) is 2.66. The van der Waals surface area contributed by atoms with Gasteiger partial charge < -0.3 is 15.1 Å². The molecule has 5 nitrogen and oxygen atoms in total.